The van der Waals surface area contributed by atoms with E-state index in [-0.39, 0.29) is 6.04 Å². The van der Waals surface area contributed by atoms with E-state index < -0.39 is 0 Å². The molecule has 0 saturated carbocycles. The molecule has 2 aromatic heterocycles. The van der Waals surface area contributed by atoms with Crippen LogP contribution in [0, 0.1) is 6.92 Å². The van der Waals surface area contributed by atoms with Gasteiger partial charge < -0.3 is 15.3 Å². The van der Waals surface area contributed by atoms with Gasteiger partial charge in [0, 0.05) is 42.8 Å². The Balaban J connectivity index is 1.70. The van der Waals surface area contributed by atoms with E-state index >= 15 is 0 Å². The molecular formula is C15H22N4. The molecule has 0 saturated heterocycles. The molecule has 0 spiro atoms. The predicted molar refractivity (Wildman–Crippen MR) is 75.9 cm³/mol. The van der Waals surface area contributed by atoms with E-state index in [0.717, 1.165) is 31.6 Å². The number of H-pyrrole nitrogens is 1. The third-order valence-corrected chi connectivity index (χ3v) is 4.13. The smallest absolute Gasteiger partial charge is 0.106 e. The number of fused-ring (bicyclic) bond motifs is 1. The van der Waals surface area contributed by atoms with Crippen molar-refractivity contribution in [1.82, 2.24) is 14.5 Å². The van der Waals surface area contributed by atoms with Gasteiger partial charge in [0.1, 0.15) is 5.82 Å². The SMILES string of the molecule is Cc1cc2c(n1CCCc1ncc[nH]1)CCCC2N. The van der Waals surface area contributed by atoms with E-state index in [1.165, 1.54) is 29.8 Å². The van der Waals surface area contributed by atoms with Gasteiger partial charge in [0.05, 0.1) is 0 Å². The number of hydrogen-bond donors (Lipinski definition) is 2. The lowest BCUT2D eigenvalue weighted by molar-refractivity contribution is 0.527. The van der Waals surface area contributed by atoms with Gasteiger partial charge in [-0.25, -0.2) is 4.98 Å². The van der Waals surface area contributed by atoms with Crippen molar-refractivity contribution in [1.29, 1.82) is 0 Å². The Bertz CT molecular complexity index is 539. The summed E-state index contributed by atoms with van der Waals surface area (Å²) in [4.78, 5) is 7.43. The number of aromatic nitrogens is 3. The first-order valence-electron chi connectivity index (χ1n) is 7.18. The van der Waals surface area contributed by atoms with E-state index in [2.05, 4.69) is 27.5 Å². The molecule has 102 valence electrons. The second kappa shape index (κ2) is 5.21. The van der Waals surface area contributed by atoms with Crippen LogP contribution in [0.5, 0.6) is 0 Å². The third kappa shape index (κ3) is 2.45. The summed E-state index contributed by atoms with van der Waals surface area (Å²) < 4.78 is 2.46. The van der Waals surface area contributed by atoms with Gasteiger partial charge in [-0.3, -0.25) is 0 Å². The number of aryl methyl sites for hydroxylation is 2. The van der Waals surface area contributed by atoms with Crippen LogP contribution in [0.2, 0.25) is 0 Å². The van der Waals surface area contributed by atoms with Crippen LogP contribution in [-0.4, -0.2) is 14.5 Å². The molecule has 1 aliphatic carbocycles. The zero-order chi connectivity index (χ0) is 13.2. The van der Waals surface area contributed by atoms with Crippen LogP contribution < -0.4 is 5.73 Å². The summed E-state index contributed by atoms with van der Waals surface area (Å²) in [5, 5.41) is 0. The van der Waals surface area contributed by atoms with Gasteiger partial charge in [0.2, 0.25) is 0 Å². The Kier molecular flexibility index (Phi) is 3.42. The number of imidazole rings is 1. The Morgan fingerprint density at radius 3 is 3.21 bits per heavy atom. The van der Waals surface area contributed by atoms with E-state index in [9.17, 15) is 0 Å². The topological polar surface area (TPSA) is 59.6 Å². The summed E-state index contributed by atoms with van der Waals surface area (Å²) in [6.07, 6.45) is 9.35. The van der Waals surface area contributed by atoms with E-state index in [4.69, 9.17) is 5.73 Å². The zero-order valence-corrected chi connectivity index (χ0v) is 11.5. The van der Waals surface area contributed by atoms with E-state index in [1.807, 2.05) is 12.4 Å². The minimum Gasteiger partial charge on any atom is -0.349 e. The molecule has 1 aliphatic rings. The number of rotatable bonds is 4. The molecule has 2 aromatic rings. The van der Waals surface area contributed by atoms with Crippen LogP contribution in [0.4, 0.5) is 0 Å². The van der Waals surface area contributed by atoms with E-state index in [1.54, 1.807) is 0 Å². The number of nitrogens with one attached hydrogen (secondary N) is 1. The molecule has 3 rings (SSSR count). The number of nitrogens with zero attached hydrogens (tertiary/aromatic N) is 2. The molecule has 19 heavy (non-hydrogen) atoms. The predicted octanol–water partition coefficient (Wildman–Crippen LogP) is 2.49. The maximum Gasteiger partial charge on any atom is 0.106 e. The molecule has 0 radical (unpaired) electrons. The summed E-state index contributed by atoms with van der Waals surface area (Å²) in [5.74, 6) is 1.08. The Labute approximate surface area is 114 Å². The van der Waals surface area contributed by atoms with Gasteiger partial charge in [0.15, 0.2) is 0 Å². The Hall–Kier alpha value is -1.55. The number of nitrogens with two attached hydrogens (primary N) is 1. The van der Waals surface area contributed by atoms with Crippen LogP contribution in [0.3, 0.4) is 0 Å². The molecule has 1 atom stereocenters. The first-order chi connectivity index (χ1) is 9.25. The minimum atomic E-state index is 0.244. The Morgan fingerprint density at radius 1 is 1.53 bits per heavy atom. The molecule has 4 heteroatoms. The molecule has 0 aromatic carbocycles. The fourth-order valence-electron chi connectivity index (χ4n) is 3.15. The fourth-order valence-corrected chi connectivity index (χ4v) is 3.15. The summed E-state index contributed by atoms with van der Waals surface area (Å²) >= 11 is 0. The highest BCUT2D eigenvalue weighted by molar-refractivity contribution is 5.32. The van der Waals surface area contributed by atoms with Crippen molar-refractivity contribution in [3.05, 3.63) is 41.2 Å². The van der Waals surface area contributed by atoms with Crippen molar-refractivity contribution in [3.63, 3.8) is 0 Å². The molecule has 0 fully saturated rings. The maximum absolute atomic E-state index is 6.21. The highest BCUT2D eigenvalue weighted by Gasteiger charge is 2.21. The van der Waals surface area contributed by atoms with Crippen molar-refractivity contribution >= 4 is 0 Å². The van der Waals surface area contributed by atoms with Gasteiger partial charge in [0.25, 0.3) is 0 Å². The largest absolute Gasteiger partial charge is 0.349 e. The molecule has 1 unspecified atom stereocenters. The van der Waals surface area contributed by atoms with Crippen molar-refractivity contribution in [2.45, 2.75) is 51.6 Å². The highest BCUT2D eigenvalue weighted by Crippen LogP contribution is 2.30. The lowest BCUT2D eigenvalue weighted by Crippen LogP contribution is -2.18. The Morgan fingerprint density at radius 2 is 2.42 bits per heavy atom. The standard InChI is InChI=1S/C15H22N4/c1-11-10-12-13(16)4-2-5-14(12)19(11)9-3-6-15-17-7-8-18-15/h7-8,10,13H,2-6,9,16H2,1H3,(H,17,18). The maximum atomic E-state index is 6.21. The van der Waals surface area contributed by atoms with Gasteiger partial charge in [-0.1, -0.05) is 0 Å². The van der Waals surface area contributed by atoms with Crippen molar-refractivity contribution in [3.8, 4) is 0 Å². The van der Waals surface area contributed by atoms with Gasteiger partial charge in [-0.05, 0) is 44.2 Å². The quantitative estimate of drug-likeness (QED) is 0.885. The van der Waals surface area contributed by atoms with Crippen LogP contribution >= 0.6 is 0 Å². The second-order valence-corrected chi connectivity index (χ2v) is 5.48. The van der Waals surface area contributed by atoms with Gasteiger partial charge in [-0.15, -0.1) is 0 Å². The minimum absolute atomic E-state index is 0.244. The van der Waals surface area contributed by atoms with Crippen molar-refractivity contribution < 1.29 is 0 Å². The van der Waals surface area contributed by atoms with Crippen LogP contribution in [-0.2, 0) is 19.4 Å². The highest BCUT2D eigenvalue weighted by atomic mass is 15.0. The lowest BCUT2D eigenvalue weighted by atomic mass is 9.93. The normalized spacial score (nSPS) is 18.5. The van der Waals surface area contributed by atoms with E-state index in [0.29, 0.717) is 0 Å². The molecule has 0 amide bonds. The zero-order valence-electron chi connectivity index (χ0n) is 11.5. The third-order valence-electron chi connectivity index (χ3n) is 4.13. The van der Waals surface area contributed by atoms with Crippen LogP contribution in [0.15, 0.2) is 18.5 Å². The van der Waals surface area contributed by atoms with Crippen molar-refractivity contribution in [2.24, 2.45) is 5.73 Å². The van der Waals surface area contributed by atoms with Crippen LogP contribution in [0.1, 0.15) is 48.1 Å². The first kappa shape index (κ1) is 12.5. The number of hydrogen-bond acceptors (Lipinski definition) is 2. The summed E-state index contributed by atoms with van der Waals surface area (Å²) in [6, 6.07) is 2.53. The molecule has 0 bridgehead atoms. The summed E-state index contributed by atoms with van der Waals surface area (Å²) in [6.45, 7) is 3.26. The van der Waals surface area contributed by atoms with Gasteiger partial charge >= 0.3 is 0 Å². The van der Waals surface area contributed by atoms with Crippen LogP contribution in [0.25, 0.3) is 0 Å². The molecule has 4 nitrogen and oxygen atoms in total. The molecular weight excluding hydrogens is 236 g/mol. The second-order valence-electron chi connectivity index (χ2n) is 5.48. The number of aromatic amines is 1. The first-order valence-corrected chi connectivity index (χ1v) is 7.18. The molecule has 0 aliphatic heterocycles. The fraction of sp³-hybridized carbons (Fsp3) is 0.533. The summed E-state index contributed by atoms with van der Waals surface area (Å²) in [5.41, 5.74) is 10.4. The van der Waals surface area contributed by atoms with Gasteiger partial charge in [-0.2, -0.15) is 0 Å². The molecule has 2 heterocycles. The average molecular weight is 258 g/mol. The van der Waals surface area contributed by atoms with Crippen molar-refractivity contribution in [2.75, 3.05) is 0 Å². The lowest BCUT2D eigenvalue weighted by Gasteiger charge is -2.21. The summed E-state index contributed by atoms with van der Waals surface area (Å²) in [7, 11) is 0. The average Bonchev–Trinajstić information content (AvgIpc) is 3.00. The molecule has 3 N–H and O–H groups in total. The monoisotopic (exact) mass is 258 g/mol.